The molecule has 0 atom stereocenters. The average molecular weight is 467 g/mol. The van der Waals surface area contributed by atoms with Crippen molar-refractivity contribution in [1.29, 1.82) is 0 Å². The maximum Gasteiger partial charge on any atom is 0.253 e. The van der Waals surface area contributed by atoms with Crippen LogP contribution in [-0.2, 0) is 16.6 Å². The lowest BCUT2D eigenvalue weighted by molar-refractivity contribution is 0.395. The van der Waals surface area contributed by atoms with Gasteiger partial charge in [-0.3, -0.25) is 4.98 Å². The van der Waals surface area contributed by atoms with Gasteiger partial charge in [0.25, 0.3) is 10.0 Å². The fraction of sp³-hybridized carbons (Fsp3) is 0.227. The van der Waals surface area contributed by atoms with Crippen LogP contribution in [0.25, 0.3) is 16.3 Å². The second-order valence-electron chi connectivity index (χ2n) is 7.37. The van der Waals surface area contributed by atoms with Crippen LogP contribution < -0.4 is 4.74 Å². The van der Waals surface area contributed by atoms with Crippen molar-refractivity contribution in [2.24, 2.45) is 0 Å². The Labute approximate surface area is 190 Å². The van der Waals surface area contributed by atoms with Crippen LogP contribution in [0.4, 0.5) is 0 Å². The summed E-state index contributed by atoms with van der Waals surface area (Å²) in [5, 5.41) is 8.34. The molecular weight excluding hydrogens is 446 g/mol. The molecule has 0 amide bonds. The van der Waals surface area contributed by atoms with Gasteiger partial charge in [-0.15, -0.1) is 16.4 Å². The highest BCUT2D eigenvalue weighted by Gasteiger charge is 2.39. The third kappa shape index (κ3) is 4.16. The minimum absolute atomic E-state index is 0.0195. The van der Waals surface area contributed by atoms with Crippen LogP contribution in [0.3, 0.4) is 0 Å². The minimum Gasteiger partial charge on any atom is -0.496 e. The molecule has 4 aromatic rings. The van der Waals surface area contributed by atoms with Gasteiger partial charge in [-0.05, 0) is 49.2 Å². The minimum atomic E-state index is -3.67. The predicted molar refractivity (Wildman–Crippen MR) is 120 cm³/mol. The van der Waals surface area contributed by atoms with E-state index in [9.17, 15) is 8.42 Å². The Kier molecular flexibility index (Phi) is 5.50. The highest BCUT2D eigenvalue weighted by molar-refractivity contribution is 7.91. The molecule has 0 aliphatic heterocycles. The zero-order valence-corrected chi connectivity index (χ0v) is 18.9. The van der Waals surface area contributed by atoms with Crippen molar-refractivity contribution in [3.8, 4) is 22.0 Å². The lowest BCUT2D eigenvalue weighted by Gasteiger charge is -2.19. The van der Waals surface area contributed by atoms with Crippen molar-refractivity contribution in [2.75, 3.05) is 7.11 Å². The molecule has 1 fully saturated rings. The lowest BCUT2D eigenvalue weighted by Crippen LogP contribution is -2.32. The molecule has 1 aliphatic carbocycles. The van der Waals surface area contributed by atoms with Gasteiger partial charge in [-0.2, -0.15) is 4.31 Å². The first-order chi connectivity index (χ1) is 15.5. The van der Waals surface area contributed by atoms with E-state index in [4.69, 9.17) is 4.74 Å². The van der Waals surface area contributed by atoms with Gasteiger partial charge >= 0.3 is 0 Å². The summed E-state index contributed by atoms with van der Waals surface area (Å²) in [7, 11) is -2.10. The van der Waals surface area contributed by atoms with E-state index in [0.29, 0.717) is 21.3 Å². The maximum absolute atomic E-state index is 13.5. The van der Waals surface area contributed by atoms with Gasteiger partial charge in [0.15, 0.2) is 0 Å². The molecule has 32 heavy (non-hydrogen) atoms. The van der Waals surface area contributed by atoms with Crippen LogP contribution >= 0.6 is 11.3 Å². The molecule has 0 bridgehead atoms. The van der Waals surface area contributed by atoms with Crippen molar-refractivity contribution >= 4 is 21.4 Å². The van der Waals surface area contributed by atoms with E-state index >= 15 is 0 Å². The average Bonchev–Trinajstić information content (AvgIpc) is 3.33. The van der Waals surface area contributed by atoms with E-state index in [0.717, 1.165) is 23.4 Å². The molecule has 1 radical (unpaired) electrons. The largest absolute Gasteiger partial charge is 0.496 e. The van der Waals surface area contributed by atoms with Crippen molar-refractivity contribution < 1.29 is 13.2 Å². The fourth-order valence-electron chi connectivity index (χ4n) is 3.33. The van der Waals surface area contributed by atoms with Gasteiger partial charge in [-0.1, -0.05) is 17.3 Å². The number of pyridine rings is 1. The Morgan fingerprint density at radius 1 is 1.19 bits per heavy atom. The molecule has 1 saturated carbocycles. The van der Waals surface area contributed by atoms with E-state index < -0.39 is 10.0 Å². The fourth-order valence-corrected chi connectivity index (χ4v) is 6.40. The summed E-state index contributed by atoms with van der Waals surface area (Å²) in [6, 6.07) is 17.6. The lowest BCUT2D eigenvalue weighted by atomic mass is 10.3. The quantitative estimate of drug-likeness (QED) is 0.394. The summed E-state index contributed by atoms with van der Waals surface area (Å²) in [6.45, 7) is 0.161. The van der Waals surface area contributed by atoms with Gasteiger partial charge in [0.2, 0.25) is 0 Å². The van der Waals surface area contributed by atoms with E-state index in [-0.39, 0.29) is 12.6 Å². The predicted octanol–water partition coefficient (Wildman–Crippen LogP) is 3.55. The van der Waals surface area contributed by atoms with E-state index in [1.807, 2.05) is 30.3 Å². The Morgan fingerprint density at radius 2 is 2.06 bits per heavy atom. The van der Waals surface area contributed by atoms with Crippen LogP contribution in [-0.4, -0.2) is 45.9 Å². The molecule has 3 heterocycles. The molecule has 3 aromatic heterocycles. The molecule has 0 spiro atoms. The molecule has 1 aliphatic rings. The number of thiophene rings is 1. The molecule has 8 nitrogen and oxygen atoms in total. The number of nitrogens with zero attached hydrogens (tertiary/aromatic N) is 5. The maximum atomic E-state index is 13.5. The molecule has 0 unspecified atom stereocenters. The van der Waals surface area contributed by atoms with Gasteiger partial charge in [-0.25, -0.2) is 13.1 Å². The molecule has 10 heteroatoms. The number of methoxy groups -OCH3 is 1. The third-order valence-corrected chi connectivity index (χ3v) is 8.57. The smallest absolute Gasteiger partial charge is 0.253 e. The van der Waals surface area contributed by atoms with Gasteiger partial charge in [0, 0.05) is 12.2 Å². The number of ether oxygens (including phenoxy) is 1. The zero-order chi connectivity index (χ0) is 22.1. The molecule has 1 aromatic carbocycles. The second kappa shape index (κ2) is 8.45. The SMILES string of the molecule is COc1[c]c(-n2cc(CN(C3CC3)S(=O)(=O)c3ccc(-c4ccccn4)s3)nn2)ccc1. The summed E-state index contributed by atoms with van der Waals surface area (Å²) in [5.74, 6) is 0.586. The number of benzene rings is 1. The van der Waals surface area contributed by atoms with E-state index in [1.54, 1.807) is 42.4 Å². The monoisotopic (exact) mass is 466 g/mol. The van der Waals surface area contributed by atoms with Crippen molar-refractivity contribution in [1.82, 2.24) is 24.3 Å². The Balaban J connectivity index is 1.40. The highest BCUT2D eigenvalue weighted by atomic mass is 32.2. The molecule has 163 valence electrons. The first-order valence-corrected chi connectivity index (χ1v) is 12.3. The van der Waals surface area contributed by atoms with Crippen molar-refractivity contribution in [3.05, 3.63) is 72.7 Å². The number of rotatable bonds is 8. The van der Waals surface area contributed by atoms with Gasteiger partial charge < -0.3 is 4.74 Å². The molecule has 0 N–H and O–H groups in total. The number of aromatic nitrogens is 4. The van der Waals surface area contributed by atoms with Crippen LogP contribution in [0.1, 0.15) is 18.5 Å². The highest BCUT2D eigenvalue weighted by Crippen LogP contribution is 2.37. The first kappa shape index (κ1) is 20.8. The second-order valence-corrected chi connectivity index (χ2v) is 10.6. The van der Waals surface area contributed by atoms with E-state index in [2.05, 4.69) is 21.4 Å². The summed E-state index contributed by atoms with van der Waals surface area (Å²) in [4.78, 5) is 5.14. The van der Waals surface area contributed by atoms with Crippen molar-refractivity contribution in [2.45, 2.75) is 29.6 Å². The van der Waals surface area contributed by atoms with Gasteiger partial charge in [0.05, 0.1) is 47.9 Å². The van der Waals surface area contributed by atoms with Crippen LogP contribution in [0.2, 0.25) is 0 Å². The van der Waals surface area contributed by atoms with Crippen LogP contribution in [0, 0.1) is 6.07 Å². The first-order valence-electron chi connectivity index (χ1n) is 10.1. The van der Waals surface area contributed by atoms with Crippen molar-refractivity contribution in [3.63, 3.8) is 0 Å². The normalized spacial score (nSPS) is 14.1. The topological polar surface area (TPSA) is 90.2 Å². The van der Waals surface area contributed by atoms with Gasteiger partial charge in [0.1, 0.15) is 9.96 Å². The Bertz CT molecular complexity index is 1330. The Morgan fingerprint density at radius 3 is 2.81 bits per heavy atom. The standard InChI is InChI=1S/C22H20N5O3S2/c1-30-19-6-4-5-18(13-19)26-14-16(24-25-26)15-27(17-8-9-17)32(28,29)22-11-10-21(31-22)20-7-2-3-12-23-20/h2-7,10-12,14,17H,8-9,15H2,1H3. The van der Waals surface area contributed by atoms with Crippen LogP contribution in [0.15, 0.2) is 65.1 Å². The summed E-state index contributed by atoms with van der Waals surface area (Å²) in [5.41, 5.74) is 2.00. The molecule has 0 saturated heterocycles. The number of sulfonamides is 1. The summed E-state index contributed by atoms with van der Waals surface area (Å²) >= 11 is 1.23. The molecule has 5 rings (SSSR count). The zero-order valence-electron chi connectivity index (χ0n) is 17.2. The van der Waals surface area contributed by atoms with E-state index in [1.165, 1.54) is 15.6 Å². The third-order valence-electron chi connectivity index (χ3n) is 5.09. The van der Waals surface area contributed by atoms with Crippen LogP contribution in [0.5, 0.6) is 5.75 Å². The number of hydrogen-bond acceptors (Lipinski definition) is 7. The Hall–Kier alpha value is -3.08. The number of hydrogen-bond donors (Lipinski definition) is 0. The molecular formula is C22H20N5O3S2. The summed E-state index contributed by atoms with van der Waals surface area (Å²) < 4.78 is 35.5. The summed E-state index contributed by atoms with van der Waals surface area (Å²) in [6.07, 6.45) is 5.11.